The van der Waals surface area contributed by atoms with Crippen molar-refractivity contribution in [3.63, 3.8) is 0 Å². The number of hydrazine groups is 1. The van der Waals surface area contributed by atoms with Crippen LogP contribution < -0.4 is 20.5 Å². The van der Waals surface area contributed by atoms with E-state index >= 15 is 0 Å². The molecule has 0 radical (unpaired) electrons. The van der Waals surface area contributed by atoms with E-state index in [-0.39, 0.29) is 29.7 Å². The number of rotatable bonds is 4. The predicted molar refractivity (Wildman–Crippen MR) is 112 cm³/mol. The summed E-state index contributed by atoms with van der Waals surface area (Å²) >= 11 is 0. The number of amides is 1. The molecule has 2 N–H and O–H groups in total. The lowest BCUT2D eigenvalue weighted by molar-refractivity contribution is -0.119. The van der Waals surface area contributed by atoms with Gasteiger partial charge in [-0.05, 0) is 47.5 Å². The van der Waals surface area contributed by atoms with Crippen molar-refractivity contribution in [2.24, 2.45) is 5.92 Å². The minimum atomic E-state index is -0.392. The Bertz CT molecular complexity index is 1060. The third kappa shape index (κ3) is 3.05. The number of carbonyl (C=O) groups excluding carboxylic acids is 1. The van der Waals surface area contributed by atoms with Crippen LogP contribution >= 0.6 is 0 Å². The van der Waals surface area contributed by atoms with E-state index in [1.165, 1.54) is 12.1 Å². The predicted octanol–water partition coefficient (Wildman–Crippen LogP) is 3.76. The van der Waals surface area contributed by atoms with Gasteiger partial charge in [-0.25, -0.2) is 15.2 Å². The third-order valence-electron chi connectivity index (χ3n) is 6.01. The van der Waals surface area contributed by atoms with Crippen molar-refractivity contribution >= 4 is 11.6 Å². The summed E-state index contributed by atoms with van der Waals surface area (Å²) in [5.41, 5.74) is 9.25. The molecule has 2 saturated heterocycles. The van der Waals surface area contributed by atoms with Gasteiger partial charge in [0.2, 0.25) is 5.91 Å². The van der Waals surface area contributed by atoms with E-state index in [4.69, 9.17) is 4.74 Å². The second kappa shape index (κ2) is 7.55. The Hall–Kier alpha value is -3.22. The van der Waals surface area contributed by atoms with Crippen LogP contribution in [0, 0.1) is 11.7 Å². The van der Waals surface area contributed by atoms with Gasteiger partial charge in [-0.1, -0.05) is 42.5 Å². The Balaban J connectivity index is 1.63. The van der Waals surface area contributed by atoms with Gasteiger partial charge in [0.25, 0.3) is 0 Å². The summed E-state index contributed by atoms with van der Waals surface area (Å²) in [6.45, 7) is 0. The number of fused-ring (bicyclic) bond motifs is 1. The van der Waals surface area contributed by atoms with Crippen molar-refractivity contribution in [2.75, 3.05) is 12.0 Å². The number of nitrogens with one attached hydrogen (secondary N) is 2. The van der Waals surface area contributed by atoms with E-state index in [0.29, 0.717) is 0 Å². The summed E-state index contributed by atoms with van der Waals surface area (Å²) in [5, 5.41) is 0. The highest BCUT2D eigenvalue weighted by Crippen LogP contribution is 2.49. The summed E-state index contributed by atoms with van der Waals surface area (Å²) in [6.07, 6.45) is 0. The largest absolute Gasteiger partial charge is 0.497 e. The number of benzene rings is 3. The lowest BCUT2D eigenvalue weighted by Crippen LogP contribution is -2.41. The first-order chi connectivity index (χ1) is 14.7. The minimum absolute atomic E-state index is 0.0103. The zero-order chi connectivity index (χ0) is 20.7. The quantitative estimate of drug-likeness (QED) is 0.697. The summed E-state index contributed by atoms with van der Waals surface area (Å²) in [6, 6.07) is 23.3. The number of anilines is 1. The maximum absolute atomic E-state index is 13.5. The van der Waals surface area contributed by atoms with Crippen LogP contribution in [0.1, 0.15) is 23.2 Å². The number of carbonyl (C=O) groups is 1. The highest BCUT2D eigenvalue weighted by molar-refractivity contribution is 6.01. The second-order valence-corrected chi connectivity index (χ2v) is 7.64. The topological polar surface area (TPSA) is 53.6 Å². The zero-order valence-corrected chi connectivity index (χ0v) is 16.5. The minimum Gasteiger partial charge on any atom is -0.497 e. The maximum atomic E-state index is 13.5. The standard InChI is InChI=1S/C24H22FN3O2/c1-30-19-9-5-6-16(14-19)23-20-21(15-10-12-17(25)13-11-15)26-27-22(20)24(29)28(23)18-7-3-2-4-8-18/h2-14,20-23,26-27H,1H3. The monoisotopic (exact) mass is 403 g/mol. The van der Waals surface area contributed by atoms with E-state index in [1.807, 2.05) is 59.5 Å². The average molecular weight is 403 g/mol. The SMILES string of the molecule is COc1cccc(C2C3C(NNC3c3ccc(F)cc3)C(=O)N2c2ccccc2)c1. The first-order valence-electron chi connectivity index (χ1n) is 9.96. The molecule has 0 bridgehead atoms. The van der Waals surface area contributed by atoms with Gasteiger partial charge in [0.15, 0.2) is 0 Å². The highest BCUT2D eigenvalue weighted by Gasteiger charge is 2.56. The van der Waals surface area contributed by atoms with Crippen LogP contribution in [0.5, 0.6) is 5.75 Å². The summed E-state index contributed by atoms with van der Waals surface area (Å²) in [7, 11) is 1.64. The first kappa shape index (κ1) is 18.8. The van der Waals surface area contributed by atoms with Crippen LogP contribution in [0.15, 0.2) is 78.9 Å². The van der Waals surface area contributed by atoms with Crippen LogP contribution in [0.2, 0.25) is 0 Å². The number of methoxy groups -OCH3 is 1. The number of hydrogen-bond acceptors (Lipinski definition) is 4. The molecule has 1 amide bonds. The Kier molecular flexibility index (Phi) is 4.73. The van der Waals surface area contributed by atoms with Crippen LogP contribution in [-0.2, 0) is 4.79 Å². The molecular formula is C24H22FN3O2. The lowest BCUT2D eigenvalue weighted by Gasteiger charge is -2.31. The molecule has 0 aliphatic carbocycles. The number of para-hydroxylation sites is 1. The molecule has 2 aliphatic rings. The van der Waals surface area contributed by atoms with E-state index in [2.05, 4.69) is 10.9 Å². The van der Waals surface area contributed by atoms with Crippen LogP contribution in [-0.4, -0.2) is 19.1 Å². The van der Waals surface area contributed by atoms with Gasteiger partial charge in [-0.15, -0.1) is 0 Å². The van der Waals surface area contributed by atoms with E-state index in [9.17, 15) is 9.18 Å². The molecule has 3 aromatic carbocycles. The smallest absolute Gasteiger partial charge is 0.246 e. The molecule has 5 rings (SSSR count). The fraction of sp³-hybridized carbons (Fsp3) is 0.208. The van der Waals surface area contributed by atoms with Crippen molar-refractivity contribution in [1.82, 2.24) is 10.9 Å². The molecule has 0 spiro atoms. The molecule has 4 unspecified atom stereocenters. The van der Waals surface area contributed by atoms with Gasteiger partial charge >= 0.3 is 0 Å². The first-order valence-corrected chi connectivity index (χ1v) is 9.96. The van der Waals surface area contributed by atoms with E-state index < -0.39 is 6.04 Å². The lowest BCUT2D eigenvalue weighted by atomic mass is 9.83. The molecule has 0 saturated carbocycles. The summed E-state index contributed by atoms with van der Waals surface area (Å²) in [4.78, 5) is 15.4. The van der Waals surface area contributed by atoms with Gasteiger partial charge in [0, 0.05) is 11.6 Å². The Labute approximate surface area is 174 Å². The van der Waals surface area contributed by atoms with Crippen molar-refractivity contribution in [3.8, 4) is 5.75 Å². The van der Waals surface area contributed by atoms with Crippen molar-refractivity contribution in [1.29, 1.82) is 0 Å². The highest BCUT2D eigenvalue weighted by atomic mass is 19.1. The molecule has 4 atom stereocenters. The van der Waals surface area contributed by atoms with Crippen LogP contribution in [0.25, 0.3) is 0 Å². The normalized spacial score (nSPS) is 25.4. The molecular weight excluding hydrogens is 381 g/mol. The van der Waals surface area contributed by atoms with E-state index in [1.54, 1.807) is 19.2 Å². The van der Waals surface area contributed by atoms with Crippen molar-refractivity contribution in [3.05, 3.63) is 95.8 Å². The molecule has 2 heterocycles. The van der Waals surface area contributed by atoms with Gasteiger partial charge < -0.3 is 9.64 Å². The number of hydrogen-bond donors (Lipinski definition) is 2. The molecule has 2 fully saturated rings. The summed E-state index contributed by atoms with van der Waals surface area (Å²) < 4.78 is 18.9. The zero-order valence-electron chi connectivity index (χ0n) is 16.5. The summed E-state index contributed by atoms with van der Waals surface area (Å²) in [5.74, 6) is 0.388. The Morgan fingerprint density at radius 3 is 2.33 bits per heavy atom. The van der Waals surface area contributed by atoms with Gasteiger partial charge in [-0.3, -0.25) is 4.79 Å². The molecule has 30 heavy (non-hydrogen) atoms. The molecule has 5 nitrogen and oxygen atoms in total. The Morgan fingerprint density at radius 1 is 0.867 bits per heavy atom. The average Bonchev–Trinajstić information content (AvgIpc) is 3.34. The van der Waals surface area contributed by atoms with Crippen LogP contribution in [0.3, 0.4) is 0 Å². The number of halogens is 1. The Morgan fingerprint density at radius 2 is 1.60 bits per heavy atom. The molecule has 0 aromatic heterocycles. The molecule has 152 valence electrons. The van der Waals surface area contributed by atoms with Gasteiger partial charge in [0.1, 0.15) is 17.6 Å². The van der Waals surface area contributed by atoms with Gasteiger partial charge in [0.05, 0.1) is 19.2 Å². The van der Waals surface area contributed by atoms with Crippen molar-refractivity contribution < 1.29 is 13.9 Å². The van der Waals surface area contributed by atoms with E-state index in [0.717, 1.165) is 22.6 Å². The maximum Gasteiger partial charge on any atom is 0.246 e. The van der Waals surface area contributed by atoms with Crippen LogP contribution in [0.4, 0.5) is 10.1 Å². The molecule has 3 aromatic rings. The third-order valence-corrected chi connectivity index (χ3v) is 6.01. The van der Waals surface area contributed by atoms with Crippen molar-refractivity contribution in [2.45, 2.75) is 18.1 Å². The van der Waals surface area contributed by atoms with Gasteiger partial charge in [-0.2, -0.15) is 0 Å². The fourth-order valence-electron chi connectivity index (χ4n) is 4.66. The molecule has 2 aliphatic heterocycles. The second-order valence-electron chi connectivity index (χ2n) is 7.64. The molecule has 6 heteroatoms. The number of ether oxygens (including phenoxy) is 1. The number of nitrogens with zero attached hydrogens (tertiary/aromatic N) is 1. The fourth-order valence-corrected chi connectivity index (χ4v) is 4.66.